The van der Waals surface area contributed by atoms with E-state index in [1.807, 2.05) is 24.4 Å². The molecule has 0 saturated heterocycles. The fourth-order valence-corrected chi connectivity index (χ4v) is 2.52. The highest BCUT2D eigenvalue weighted by Crippen LogP contribution is 2.31. The van der Waals surface area contributed by atoms with Gasteiger partial charge in [-0.05, 0) is 11.6 Å². The number of hydrogen-bond acceptors (Lipinski definition) is 3. The number of rotatable bonds is 1. The van der Waals surface area contributed by atoms with Gasteiger partial charge in [-0.3, -0.25) is 0 Å². The Morgan fingerprint density at radius 1 is 1.07 bits per heavy atom. The summed E-state index contributed by atoms with van der Waals surface area (Å²) in [6.07, 6.45) is 3.45. The molecule has 2 nitrogen and oxygen atoms in total. The first-order chi connectivity index (χ1) is 7.43. The fourth-order valence-electron chi connectivity index (χ4n) is 1.53. The number of nitrogens with zero attached hydrogens (tertiary/aromatic N) is 2. The minimum atomic E-state index is 1.02. The Labute approximate surface area is 91.2 Å². The molecule has 0 fully saturated rings. The predicted molar refractivity (Wildman–Crippen MR) is 62.9 cm³/mol. The van der Waals surface area contributed by atoms with Gasteiger partial charge >= 0.3 is 0 Å². The quantitative estimate of drug-likeness (QED) is 0.618. The van der Waals surface area contributed by atoms with Crippen molar-refractivity contribution in [2.45, 2.75) is 0 Å². The Bertz CT molecular complexity index is 554. The van der Waals surface area contributed by atoms with Crippen molar-refractivity contribution < 1.29 is 0 Å². The van der Waals surface area contributed by atoms with Gasteiger partial charge in [-0.25, -0.2) is 9.97 Å². The highest BCUT2D eigenvalue weighted by Gasteiger charge is 2.03. The SMILES string of the molecule is c1ccc(-c2cc3ncncc3s2)cc1. The molecule has 0 saturated carbocycles. The molecule has 0 aliphatic rings. The van der Waals surface area contributed by atoms with Gasteiger partial charge in [-0.1, -0.05) is 30.3 Å². The second-order valence-electron chi connectivity index (χ2n) is 3.25. The molecule has 2 heterocycles. The third-order valence-corrected chi connectivity index (χ3v) is 3.36. The van der Waals surface area contributed by atoms with Gasteiger partial charge in [-0.15, -0.1) is 11.3 Å². The molecule has 0 atom stereocenters. The zero-order valence-electron chi connectivity index (χ0n) is 7.92. The van der Waals surface area contributed by atoms with Crippen molar-refractivity contribution in [3.63, 3.8) is 0 Å². The maximum atomic E-state index is 4.23. The Balaban J connectivity index is 2.21. The Hall–Kier alpha value is -1.74. The zero-order chi connectivity index (χ0) is 10.1. The summed E-state index contributed by atoms with van der Waals surface area (Å²) in [7, 11) is 0. The summed E-state index contributed by atoms with van der Waals surface area (Å²) in [5, 5.41) is 0. The molecular weight excluding hydrogens is 204 g/mol. The molecule has 72 valence electrons. The molecule has 15 heavy (non-hydrogen) atoms. The Kier molecular flexibility index (Phi) is 1.96. The van der Waals surface area contributed by atoms with E-state index in [-0.39, 0.29) is 0 Å². The number of thiophene rings is 1. The molecule has 0 bridgehead atoms. The maximum Gasteiger partial charge on any atom is 0.116 e. The average Bonchev–Trinajstić information content (AvgIpc) is 2.74. The summed E-state index contributed by atoms with van der Waals surface area (Å²) in [5.74, 6) is 0. The average molecular weight is 212 g/mol. The largest absolute Gasteiger partial charge is 0.243 e. The molecule has 3 rings (SSSR count). The summed E-state index contributed by atoms with van der Waals surface area (Å²) in [4.78, 5) is 9.49. The van der Waals surface area contributed by atoms with E-state index in [1.165, 1.54) is 10.4 Å². The van der Waals surface area contributed by atoms with E-state index in [1.54, 1.807) is 17.7 Å². The lowest BCUT2D eigenvalue weighted by molar-refractivity contribution is 1.23. The minimum Gasteiger partial charge on any atom is -0.243 e. The lowest BCUT2D eigenvalue weighted by Crippen LogP contribution is -1.72. The summed E-state index contributed by atoms with van der Waals surface area (Å²) in [5.41, 5.74) is 2.26. The molecule has 3 aromatic rings. The Morgan fingerprint density at radius 3 is 2.73 bits per heavy atom. The van der Waals surface area contributed by atoms with Crippen LogP contribution in [0.25, 0.3) is 20.7 Å². The lowest BCUT2D eigenvalue weighted by Gasteiger charge is -1.93. The van der Waals surface area contributed by atoms with Crippen LogP contribution in [0.1, 0.15) is 0 Å². The van der Waals surface area contributed by atoms with Crippen LogP contribution in [-0.4, -0.2) is 9.97 Å². The summed E-state index contributed by atoms with van der Waals surface area (Å²) >= 11 is 1.73. The van der Waals surface area contributed by atoms with E-state index >= 15 is 0 Å². The van der Waals surface area contributed by atoms with Crippen LogP contribution in [0.5, 0.6) is 0 Å². The summed E-state index contributed by atoms with van der Waals surface area (Å²) in [6.45, 7) is 0. The molecule has 0 amide bonds. The van der Waals surface area contributed by atoms with Crippen molar-refractivity contribution in [3.8, 4) is 10.4 Å². The van der Waals surface area contributed by atoms with E-state index in [4.69, 9.17) is 0 Å². The zero-order valence-corrected chi connectivity index (χ0v) is 8.74. The molecule has 2 aromatic heterocycles. The van der Waals surface area contributed by atoms with Gasteiger partial charge in [0.15, 0.2) is 0 Å². The van der Waals surface area contributed by atoms with Crippen molar-refractivity contribution in [2.24, 2.45) is 0 Å². The highest BCUT2D eigenvalue weighted by molar-refractivity contribution is 7.22. The standard InChI is InChI=1S/C12H8N2S/c1-2-4-9(5-3-1)11-6-10-12(15-11)7-13-8-14-10/h1-8H. The third kappa shape index (κ3) is 1.51. The van der Waals surface area contributed by atoms with Crippen LogP contribution in [0.2, 0.25) is 0 Å². The third-order valence-electron chi connectivity index (χ3n) is 2.25. The van der Waals surface area contributed by atoms with E-state index in [2.05, 4.69) is 28.2 Å². The van der Waals surface area contributed by atoms with Crippen LogP contribution in [0.4, 0.5) is 0 Å². The molecule has 0 N–H and O–H groups in total. The number of fused-ring (bicyclic) bond motifs is 1. The molecule has 0 radical (unpaired) electrons. The first-order valence-electron chi connectivity index (χ1n) is 4.68. The highest BCUT2D eigenvalue weighted by atomic mass is 32.1. The molecule has 0 spiro atoms. The molecular formula is C12H8N2S. The van der Waals surface area contributed by atoms with Crippen LogP contribution >= 0.6 is 11.3 Å². The van der Waals surface area contributed by atoms with Gasteiger partial charge in [0.2, 0.25) is 0 Å². The van der Waals surface area contributed by atoms with Crippen LogP contribution in [0, 0.1) is 0 Å². The first-order valence-corrected chi connectivity index (χ1v) is 5.50. The van der Waals surface area contributed by atoms with Gasteiger partial charge in [0, 0.05) is 11.1 Å². The van der Waals surface area contributed by atoms with Crippen molar-refractivity contribution in [3.05, 3.63) is 48.9 Å². The van der Waals surface area contributed by atoms with E-state index in [9.17, 15) is 0 Å². The monoisotopic (exact) mass is 212 g/mol. The van der Waals surface area contributed by atoms with Crippen molar-refractivity contribution in [1.29, 1.82) is 0 Å². The van der Waals surface area contributed by atoms with Gasteiger partial charge in [0.25, 0.3) is 0 Å². The van der Waals surface area contributed by atoms with Crippen molar-refractivity contribution >= 4 is 21.6 Å². The molecule has 3 heteroatoms. The molecule has 0 aliphatic heterocycles. The first kappa shape index (κ1) is 8.56. The van der Waals surface area contributed by atoms with Crippen LogP contribution < -0.4 is 0 Å². The van der Waals surface area contributed by atoms with Crippen molar-refractivity contribution in [1.82, 2.24) is 9.97 Å². The van der Waals surface area contributed by atoms with E-state index < -0.39 is 0 Å². The number of benzene rings is 1. The van der Waals surface area contributed by atoms with E-state index in [0.29, 0.717) is 0 Å². The Morgan fingerprint density at radius 2 is 1.93 bits per heavy atom. The van der Waals surface area contributed by atoms with Gasteiger partial charge in [-0.2, -0.15) is 0 Å². The van der Waals surface area contributed by atoms with Crippen LogP contribution in [0.15, 0.2) is 48.9 Å². The van der Waals surface area contributed by atoms with E-state index in [0.717, 1.165) is 10.2 Å². The maximum absolute atomic E-state index is 4.23. The molecule has 0 aliphatic carbocycles. The van der Waals surface area contributed by atoms with Crippen LogP contribution in [0.3, 0.4) is 0 Å². The minimum absolute atomic E-state index is 1.02. The number of aromatic nitrogens is 2. The number of hydrogen-bond donors (Lipinski definition) is 0. The second-order valence-corrected chi connectivity index (χ2v) is 4.33. The summed E-state index contributed by atoms with van der Waals surface area (Å²) < 4.78 is 1.14. The second kappa shape index (κ2) is 3.44. The summed E-state index contributed by atoms with van der Waals surface area (Å²) in [6, 6.07) is 12.4. The van der Waals surface area contributed by atoms with Gasteiger partial charge < -0.3 is 0 Å². The van der Waals surface area contributed by atoms with Gasteiger partial charge in [0.1, 0.15) is 6.33 Å². The smallest absolute Gasteiger partial charge is 0.116 e. The van der Waals surface area contributed by atoms with Crippen molar-refractivity contribution in [2.75, 3.05) is 0 Å². The van der Waals surface area contributed by atoms with Crippen LogP contribution in [-0.2, 0) is 0 Å². The van der Waals surface area contributed by atoms with Gasteiger partial charge in [0.05, 0.1) is 10.2 Å². The lowest BCUT2D eigenvalue weighted by atomic mass is 10.2. The predicted octanol–water partition coefficient (Wildman–Crippen LogP) is 3.36. The molecule has 0 unspecified atom stereocenters. The molecule has 1 aromatic carbocycles. The normalized spacial score (nSPS) is 10.7. The topological polar surface area (TPSA) is 25.8 Å². The fraction of sp³-hybridized carbons (Fsp3) is 0.